The SMILES string of the molecule is C=C(C)C(=O)Cc1ccccc1.CO. The highest BCUT2D eigenvalue weighted by Crippen LogP contribution is 2.03. The number of aliphatic hydroxyl groups excluding tert-OH is 1. The zero-order valence-corrected chi connectivity index (χ0v) is 8.66. The van der Waals surface area contributed by atoms with Crippen molar-refractivity contribution in [1.82, 2.24) is 0 Å². The molecule has 1 N–H and O–H groups in total. The van der Waals surface area contributed by atoms with E-state index < -0.39 is 0 Å². The molecule has 0 radical (unpaired) electrons. The van der Waals surface area contributed by atoms with E-state index in [1.54, 1.807) is 6.92 Å². The van der Waals surface area contributed by atoms with E-state index in [1.807, 2.05) is 30.3 Å². The molecule has 0 saturated heterocycles. The van der Waals surface area contributed by atoms with Crippen molar-refractivity contribution in [2.75, 3.05) is 7.11 Å². The third-order valence-electron chi connectivity index (χ3n) is 1.68. The first-order valence-corrected chi connectivity index (χ1v) is 4.37. The Labute approximate surface area is 84.9 Å². The molecule has 0 aliphatic heterocycles. The summed E-state index contributed by atoms with van der Waals surface area (Å²) >= 11 is 0. The number of rotatable bonds is 3. The van der Waals surface area contributed by atoms with Crippen LogP contribution in [0.3, 0.4) is 0 Å². The normalized spacial score (nSPS) is 8.50. The van der Waals surface area contributed by atoms with Crippen molar-refractivity contribution in [1.29, 1.82) is 0 Å². The van der Waals surface area contributed by atoms with Gasteiger partial charge < -0.3 is 5.11 Å². The lowest BCUT2D eigenvalue weighted by molar-refractivity contribution is -0.114. The van der Waals surface area contributed by atoms with Crippen molar-refractivity contribution >= 4 is 5.78 Å². The standard InChI is InChI=1S/C11H12O.CH4O/c1-9(2)11(12)8-10-6-4-3-5-7-10;1-2/h3-7H,1,8H2,2H3;2H,1H3. The van der Waals surface area contributed by atoms with E-state index in [-0.39, 0.29) is 5.78 Å². The lowest BCUT2D eigenvalue weighted by Crippen LogP contribution is -2.02. The molecule has 0 unspecified atom stereocenters. The molecular weight excluding hydrogens is 176 g/mol. The van der Waals surface area contributed by atoms with Crippen LogP contribution in [-0.4, -0.2) is 18.0 Å². The van der Waals surface area contributed by atoms with Crippen LogP contribution in [0.2, 0.25) is 0 Å². The molecule has 0 aromatic heterocycles. The van der Waals surface area contributed by atoms with Crippen molar-refractivity contribution in [3.05, 3.63) is 48.0 Å². The minimum atomic E-state index is 0.112. The summed E-state index contributed by atoms with van der Waals surface area (Å²) in [5, 5.41) is 7.00. The van der Waals surface area contributed by atoms with Crippen LogP contribution < -0.4 is 0 Å². The molecule has 1 aromatic rings. The molecule has 0 saturated carbocycles. The van der Waals surface area contributed by atoms with E-state index in [0.29, 0.717) is 12.0 Å². The van der Waals surface area contributed by atoms with Gasteiger partial charge in [0, 0.05) is 13.5 Å². The van der Waals surface area contributed by atoms with Crippen LogP contribution in [0.25, 0.3) is 0 Å². The van der Waals surface area contributed by atoms with Crippen molar-refractivity contribution < 1.29 is 9.90 Å². The number of hydrogen-bond donors (Lipinski definition) is 1. The van der Waals surface area contributed by atoms with Crippen LogP contribution in [0.5, 0.6) is 0 Å². The van der Waals surface area contributed by atoms with E-state index in [9.17, 15) is 4.79 Å². The first-order chi connectivity index (χ1) is 6.70. The predicted octanol–water partition coefficient (Wildman–Crippen LogP) is 1.98. The molecule has 0 atom stereocenters. The molecule has 1 rings (SSSR count). The van der Waals surface area contributed by atoms with Crippen LogP contribution in [0, 0.1) is 0 Å². The van der Waals surface area contributed by atoms with Gasteiger partial charge in [-0.15, -0.1) is 0 Å². The molecule has 1 aromatic carbocycles. The summed E-state index contributed by atoms with van der Waals surface area (Å²) in [6, 6.07) is 9.69. The van der Waals surface area contributed by atoms with Crippen LogP contribution in [0.1, 0.15) is 12.5 Å². The number of ketones is 1. The van der Waals surface area contributed by atoms with Gasteiger partial charge in [0.25, 0.3) is 0 Å². The number of benzene rings is 1. The molecule has 0 heterocycles. The van der Waals surface area contributed by atoms with E-state index in [4.69, 9.17) is 5.11 Å². The van der Waals surface area contributed by atoms with Gasteiger partial charge in [-0.1, -0.05) is 36.9 Å². The highest BCUT2D eigenvalue weighted by Gasteiger charge is 2.02. The summed E-state index contributed by atoms with van der Waals surface area (Å²) in [5.41, 5.74) is 1.67. The maximum Gasteiger partial charge on any atom is 0.162 e. The molecule has 2 heteroatoms. The van der Waals surface area contributed by atoms with Gasteiger partial charge in [-0.3, -0.25) is 4.79 Å². The number of carbonyl (C=O) groups is 1. The fraction of sp³-hybridized carbons (Fsp3) is 0.250. The minimum absolute atomic E-state index is 0.112. The number of aliphatic hydroxyl groups is 1. The second-order valence-electron chi connectivity index (χ2n) is 2.87. The second-order valence-corrected chi connectivity index (χ2v) is 2.87. The Hall–Kier alpha value is -1.41. The molecule has 0 aliphatic carbocycles. The van der Waals surface area contributed by atoms with Crippen LogP contribution >= 0.6 is 0 Å². The van der Waals surface area contributed by atoms with Gasteiger partial charge in [0.2, 0.25) is 0 Å². The van der Waals surface area contributed by atoms with Crippen LogP contribution in [0.15, 0.2) is 42.5 Å². The average molecular weight is 192 g/mol. The van der Waals surface area contributed by atoms with Gasteiger partial charge in [-0.2, -0.15) is 0 Å². The largest absolute Gasteiger partial charge is 0.400 e. The Morgan fingerprint density at radius 1 is 1.29 bits per heavy atom. The van der Waals surface area contributed by atoms with Gasteiger partial charge in [0.05, 0.1) is 0 Å². The summed E-state index contributed by atoms with van der Waals surface area (Å²) in [7, 11) is 1.00. The summed E-state index contributed by atoms with van der Waals surface area (Å²) in [6.45, 7) is 5.34. The monoisotopic (exact) mass is 192 g/mol. The highest BCUT2D eigenvalue weighted by atomic mass is 16.2. The molecule has 0 amide bonds. The third-order valence-corrected chi connectivity index (χ3v) is 1.68. The lowest BCUT2D eigenvalue weighted by atomic mass is 10.1. The Kier molecular flexibility index (Phi) is 6.33. The van der Waals surface area contributed by atoms with Crippen LogP contribution in [-0.2, 0) is 11.2 Å². The molecule has 76 valence electrons. The Morgan fingerprint density at radius 3 is 2.21 bits per heavy atom. The Morgan fingerprint density at radius 2 is 1.79 bits per heavy atom. The maximum absolute atomic E-state index is 11.2. The lowest BCUT2D eigenvalue weighted by Gasteiger charge is -1.98. The maximum atomic E-state index is 11.2. The molecule has 0 fully saturated rings. The Balaban J connectivity index is 0.000000791. The first kappa shape index (κ1) is 12.6. The predicted molar refractivity (Wildman–Crippen MR) is 58.1 cm³/mol. The van der Waals surface area contributed by atoms with Crippen LogP contribution in [0.4, 0.5) is 0 Å². The molecule has 0 spiro atoms. The van der Waals surface area contributed by atoms with E-state index in [2.05, 4.69) is 6.58 Å². The first-order valence-electron chi connectivity index (χ1n) is 4.37. The third kappa shape index (κ3) is 4.58. The Bertz CT molecular complexity index is 288. The second kappa shape index (κ2) is 7.04. The fourth-order valence-corrected chi connectivity index (χ4v) is 0.932. The van der Waals surface area contributed by atoms with E-state index in [1.165, 1.54) is 0 Å². The zero-order chi connectivity index (χ0) is 11.0. The molecular formula is C12H16O2. The number of hydrogen-bond acceptors (Lipinski definition) is 2. The van der Waals surface area contributed by atoms with Gasteiger partial charge in [-0.25, -0.2) is 0 Å². The van der Waals surface area contributed by atoms with E-state index >= 15 is 0 Å². The number of Topliss-reactive ketones (excluding diaryl/α,β-unsaturated/α-hetero) is 1. The minimum Gasteiger partial charge on any atom is -0.400 e. The quantitative estimate of drug-likeness (QED) is 0.743. The van der Waals surface area contributed by atoms with Gasteiger partial charge in [-0.05, 0) is 18.1 Å². The average Bonchev–Trinajstić information content (AvgIpc) is 2.22. The topological polar surface area (TPSA) is 37.3 Å². The van der Waals surface area contributed by atoms with Crippen molar-refractivity contribution in [2.45, 2.75) is 13.3 Å². The number of carbonyl (C=O) groups excluding carboxylic acids is 1. The number of allylic oxidation sites excluding steroid dienone is 1. The fourth-order valence-electron chi connectivity index (χ4n) is 0.932. The molecule has 2 nitrogen and oxygen atoms in total. The zero-order valence-electron chi connectivity index (χ0n) is 8.66. The van der Waals surface area contributed by atoms with Crippen molar-refractivity contribution in [2.24, 2.45) is 0 Å². The summed E-state index contributed by atoms with van der Waals surface area (Å²) in [6.07, 6.45) is 0.468. The molecule has 0 bridgehead atoms. The van der Waals surface area contributed by atoms with Gasteiger partial charge in [0.1, 0.15) is 0 Å². The summed E-state index contributed by atoms with van der Waals surface area (Å²) in [4.78, 5) is 11.2. The smallest absolute Gasteiger partial charge is 0.162 e. The summed E-state index contributed by atoms with van der Waals surface area (Å²) < 4.78 is 0. The van der Waals surface area contributed by atoms with E-state index in [0.717, 1.165) is 12.7 Å². The highest BCUT2D eigenvalue weighted by molar-refractivity contribution is 5.95. The molecule has 14 heavy (non-hydrogen) atoms. The summed E-state index contributed by atoms with van der Waals surface area (Å²) in [5.74, 6) is 0.112. The molecule has 0 aliphatic rings. The van der Waals surface area contributed by atoms with Gasteiger partial charge >= 0.3 is 0 Å². The van der Waals surface area contributed by atoms with Crippen molar-refractivity contribution in [3.8, 4) is 0 Å². The van der Waals surface area contributed by atoms with Crippen molar-refractivity contribution in [3.63, 3.8) is 0 Å². The van der Waals surface area contributed by atoms with Gasteiger partial charge in [0.15, 0.2) is 5.78 Å².